The molecule has 0 spiro atoms. The summed E-state index contributed by atoms with van der Waals surface area (Å²) in [5.41, 5.74) is 0. The molecule has 0 aromatic heterocycles. The van der Waals surface area contributed by atoms with E-state index in [0.717, 1.165) is 32.4 Å². The zero-order chi connectivity index (χ0) is 15.8. The summed E-state index contributed by atoms with van der Waals surface area (Å²) < 4.78 is 5.16. The van der Waals surface area contributed by atoms with E-state index in [9.17, 15) is 9.59 Å². The molecule has 0 aromatic carbocycles. The number of hydrogen-bond acceptors (Lipinski definition) is 4. The molecule has 1 amide bonds. The van der Waals surface area contributed by atoms with Gasteiger partial charge in [0.15, 0.2) is 0 Å². The van der Waals surface area contributed by atoms with E-state index in [-0.39, 0.29) is 23.8 Å². The van der Waals surface area contributed by atoms with Gasteiger partial charge in [0, 0.05) is 19.0 Å². The van der Waals surface area contributed by atoms with E-state index in [1.165, 1.54) is 0 Å². The first-order chi connectivity index (χ1) is 9.99. The van der Waals surface area contributed by atoms with Crippen molar-refractivity contribution in [1.29, 1.82) is 0 Å². The van der Waals surface area contributed by atoms with Crippen molar-refractivity contribution in [3.8, 4) is 0 Å². The number of amides is 1. The van der Waals surface area contributed by atoms with E-state index < -0.39 is 0 Å². The lowest BCUT2D eigenvalue weighted by Crippen LogP contribution is -2.49. The number of ether oxygens (including phenoxy) is 1. The number of likely N-dealkylation sites (tertiary alicyclic amines) is 1. The second kappa shape index (κ2) is 9.03. The van der Waals surface area contributed by atoms with Crippen LogP contribution in [0.4, 0.5) is 0 Å². The van der Waals surface area contributed by atoms with Crippen molar-refractivity contribution in [3.05, 3.63) is 0 Å². The van der Waals surface area contributed by atoms with Crippen molar-refractivity contribution in [2.75, 3.05) is 26.2 Å². The van der Waals surface area contributed by atoms with Crippen LogP contribution in [0, 0.1) is 11.8 Å². The molecular weight excluding hydrogens is 268 g/mol. The molecule has 5 heteroatoms. The molecule has 2 atom stereocenters. The van der Waals surface area contributed by atoms with Crippen molar-refractivity contribution in [1.82, 2.24) is 10.2 Å². The van der Waals surface area contributed by atoms with Crippen molar-refractivity contribution in [3.63, 3.8) is 0 Å². The van der Waals surface area contributed by atoms with Crippen LogP contribution in [0.25, 0.3) is 0 Å². The van der Waals surface area contributed by atoms with Crippen LogP contribution < -0.4 is 5.32 Å². The van der Waals surface area contributed by atoms with Gasteiger partial charge in [-0.3, -0.25) is 14.5 Å². The molecule has 2 unspecified atom stereocenters. The fourth-order valence-electron chi connectivity index (χ4n) is 2.81. The van der Waals surface area contributed by atoms with Crippen molar-refractivity contribution in [2.45, 2.75) is 53.0 Å². The summed E-state index contributed by atoms with van der Waals surface area (Å²) in [5, 5.41) is 3.00. The van der Waals surface area contributed by atoms with Gasteiger partial charge in [-0.2, -0.15) is 0 Å². The van der Waals surface area contributed by atoms with Gasteiger partial charge in [-0.25, -0.2) is 0 Å². The van der Waals surface area contributed by atoms with Gasteiger partial charge in [0.1, 0.15) is 6.04 Å². The fourth-order valence-corrected chi connectivity index (χ4v) is 2.81. The van der Waals surface area contributed by atoms with Crippen LogP contribution in [0.15, 0.2) is 0 Å². The molecule has 1 fully saturated rings. The Morgan fingerprint density at radius 1 is 1.33 bits per heavy atom. The molecule has 122 valence electrons. The van der Waals surface area contributed by atoms with Gasteiger partial charge in [-0.1, -0.05) is 20.8 Å². The van der Waals surface area contributed by atoms with Crippen LogP contribution in [0.5, 0.6) is 0 Å². The Labute approximate surface area is 128 Å². The van der Waals surface area contributed by atoms with E-state index in [1.54, 1.807) is 0 Å². The Hall–Kier alpha value is -1.10. The summed E-state index contributed by atoms with van der Waals surface area (Å²) in [6.07, 6.45) is 2.94. The molecule has 5 nitrogen and oxygen atoms in total. The van der Waals surface area contributed by atoms with Crippen LogP contribution >= 0.6 is 0 Å². The Kier molecular flexibility index (Phi) is 7.72. The number of rotatable bonds is 7. The topological polar surface area (TPSA) is 58.6 Å². The fraction of sp³-hybridized carbons (Fsp3) is 0.875. The normalized spacial score (nSPS) is 21.1. The molecule has 1 saturated heterocycles. The summed E-state index contributed by atoms with van der Waals surface area (Å²) in [6, 6.07) is -0.145. The molecule has 1 aliphatic heterocycles. The van der Waals surface area contributed by atoms with Gasteiger partial charge in [-0.15, -0.1) is 0 Å². The van der Waals surface area contributed by atoms with Gasteiger partial charge in [0.05, 0.1) is 6.61 Å². The first-order valence-electron chi connectivity index (χ1n) is 8.17. The van der Waals surface area contributed by atoms with E-state index >= 15 is 0 Å². The molecule has 1 rings (SSSR count). The molecule has 0 saturated carbocycles. The summed E-state index contributed by atoms with van der Waals surface area (Å²) in [4.78, 5) is 25.9. The number of carbonyl (C=O) groups excluding carboxylic acids is 2. The quantitative estimate of drug-likeness (QED) is 0.728. The summed E-state index contributed by atoms with van der Waals surface area (Å²) in [6.45, 7) is 10.6. The Balaban J connectivity index is 2.50. The molecule has 21 heavy (non-hydrogen) atoms. The van der Waals surface area contributed by atoms with Crippen LogP contribution in [0.2, 0.25) is 0 Å². The third-order valence-corrected chi connectivity index (χ3v) is 4.03. The highest BCUT2D eigenvalue weighted by Crippen LogP contribution is 2.20. The minimum absolute atomic E-state index is 0.0209. The third-order valence-electron chi connectivity index (χ3n) is 4.03. The molecule has 1 aliphatic rings. The Morgan fingerprint density at radius 3 is 2.62 bits per heavy atom. The maximum Gasteiger partial charge on any atom is 0.323 e. The number of esters is 1. The molecule has 0 bridgehead atoms. The van der Waals surface area contributed by atoms with Crippen LogP contribution in [-0.2, 0) is 14.3 Å². The third kappa shape index (κ3) is 5.65. The number of nitrogens with zero attached hydrogens (tertiary/aromatic N) is 1. The lowest BCUT2D eigenvalue weighted by Gasteiger charge is -2.36. The highest BCUT2D eigenvalue weighted by molar-refractivity contribution is 5.77. The second-order valence-corrected chi connectivity index (χ2v) is 6.08. The van der Waals surface area contributed by atoms with Gasteiger partial charge < -0.3 is 10.1 Å². The maximum absolute atomic E-state index is 12.0. The van der Waals surface area contributed by atoms with E-state index in [0.29, 0.717) is 19.1 Å². The zero-order valence-corrected chi connectivity index (χ0v) is 13.9. The Morgan fingerprint density at radius 2 is 2.05 bits per heavy atom. The molecule has 0 aromatic rings. The summed E-state index contributed by atoms with van der Waals surface area (Å²) in [5.74, 6) is 0.425. The maximum atomic E-state index is 12.0. The number of piperidine rings is 1. The SMILES string of the molecule is CCOC(=O)C(CC)N1CCCC(CNC(=O)C(C)C)C1. The van der Waals surface area contributed by atoms with Gasteiger partial charge in [0.25, 0.3) is 0 Å². The monoisotopic (exact) mass is 298 g/mol. The average molecular weight is 298 g/mol. The first-order valence-corrected chi connectivity index (χ1v) is 8.17. The largest absolute Gasteiger partial charge is 0.465 e. The molecule has 0 radical (unpaired) electrons. The van der Waals surface area contributed by atoms with Crippen molar-refractivity contribution >= 4 is 11.9 Å². The molecule has 1 N–H and O–H groups in total. The second-order valence-electron chi connectivity index (χ2n) is 6.08. The predicted octanol–water partition coefficient (Wildman–Crippen LogP) is 1.81. The minimum Gasteiger partial charge on any atom is -0.465 e. The van der Waals surface area contributed by atoms with Crippen LogP contribution in [0.3, 0.4) is 0 Å². The van der Waals surface area contributed by atoms with E-state index in [2.05, 4.69) is 10.2 Å². The standard InChI is InChI=1S/C16H30N2O3/c1-5-14(16(20)21-6-2)18-9-7-8-13(11-18)10-17-15(19)12(3)4/h12-14H,5-11H2,1-4H3,(H,17,19). The molecule has 0 aliphatic carbocycles. The zero-order valence-electron chi connectivity index (χ0n) is 13.9. The van der Waals surface area contributed by atoms with E-state index in [1.807, 2.05) is 27.7 Å². The smallest absolute Gasteiger partial charge is 0.323 e. The Bertz CT molecular complexity index is 344. The van der Waals surface area contributed by atoms with Gasteiger partial charge >= 0.3 is 5.97 Å². The number of carbonyl (C=O) groups is 2. The first kappa shape index (κ1) is 18.0. The van der Waals surface area contributed by atoms with Crippen LogP contribution in [0.1, 0.15) is 47.0 Å². The molecule has 1 heterocycles. The minimum atomic E-state index is -0.145. The van der Waals surface area contributed by atoms with E-state index in [4.69, 9.17) is 4.74 Å². The molecular formula is C16H30N2O3. The summed E-state index contributed by atoms with van der Waals surface area (Å²) in [7, 11) is 0. The number of hydrogen-bond donors (Lipinski definition) is 1. The highest BCUT2D eigenvalue weighted by Gasteiger charge is 2.30. The van der Waals surface area contributed by atoms with Crippen LogP contribution in [-0.4, -0.2) is 49.1 Å². The lowest BCUT2D eigenvalue weighted by atomic mass is 9.96. The van der Waals surface area contributed by atoms with Gasteiger partial charge in [0.2, 0.25) is 5.91 Å². The average Bonchev–Trinajstić information content (AvgIpc) is 2.46. The van der Waals surface area contributed by atoms with Gasteiger partial charge in [-0.05, 0) is 38.6 Å². The highest BCUT2D eigenvalue weighted by atomic mass is 16.5. The predicted molar refractivity (Wildman–Crippen MR) is 82.9 cm³/mol. The number of nitrogens with one attached hydrogen (secondary N) is 1. The lowest BCUT2D eigenvalue weighted by molar-refractivity contribution is -0.150. The summed E-state index contributed by atoms with van der Waals surface area (Å²) >= 11 is 0. The van der Waals surface area contributed by atoms with Crippen molar-refractivity contribution < 1.29 is 14.3 Å². The van der Waals surface area contributed by atoms with Crippen molar-refractivity contribution in [2.24, 2.45) is 11.8 Å².